The summed E-state index contributed by atoms with van der Waals surface area (Å²) in [5.74, 6) is -2.89. The summed E-state index contributed by atoms with van der Waals surface area (Å²) in [5, 5.41) is 0.00739. The van der Waals surface area contributed by atoms with Crippen LogP contribution in [0, 0.1) is 5.82 Å². The van der Waals surface area contributed by atoms with Gasteiger partial charge in [-0.1, -0.05) is 12.1 Å². The zero-order valence-corrected chi connectivity index (χ0v) is 13.2. The molecule has 4 nitrogen and oxygen atoms in total. The van der Waals surface area contributed by atoms with Crippen LogP contribution in [0.4, 0.5) is 19.0 Å². The molecular weight excluding hydrogens is 343 g/mol. The molecule has 0 N–H and O–H groups in total. The Bertz CT molecular complexity index is 777. The lowest BCUT2D eigenvalue weighted by molar-refractivity contribution is -0.0271. The van der Waals surface area contributed by atoms with Gasteiger partial charge in [0.2, 0.25) is 5.28 Å². The van der Waals surface area contributed by atoms with E-state index in [9.17, 15) is 13.2 Å². The topological polar surface area (TPSA) is 38.3 Å². The molecule has 8 heteroatoms. The van der Waals surface area contributed by atoms with Crippen molar-refractivity contribution in [1.82, 2.24) is 9.97 Å². The predicted molar refractivity (Wildman–Crippen MR) is 82.1 cm³/mol. The summed E-state index contributed by atoms with van der Waals surface area (Å²) in [6, 6.07) is 6.05. The number of hydrogen-bond donors (Lipinski definition) is 0. The Morgan fingerprint density at radius 2 is 1.88 bits per heavy atom. The van der Waals surface area contributed by atoms with Gasteiger partial charge in [0, 0.05) is 5.56 Å². The van der Waals surface area contributed by atoms with Crippen molar-refractivity contribution in [3.8, 4) is 0 Å². The number of halogens is 4. The standard InChI is InChI=1S/C16H13ClF3N3O/c17-15-21-13-11(9-1-3-10(18)4-2-9)5-24-6-12(13)14(22-15)23-7-16(19,20)8-23/h1-4,11H,5-8H2. The molecule has 126 valence electrons. The van der Waals surface area contributed by atoms with Crippen LogP contribution >= 0.6 is 11.6 Å². The first-order chi connectivity index (χ1) is 11.4. The molecule has 0 saturated carbocycles. The van der Waals surface area contributed by atoms with Gasteiger partial charge in [0.15, 0.2) is 0 Å². The monoisotopic (exact) mass is 355 g/mol. The quantitative estimate of drug-likeness (QED) is 0.774. The lowest BCUT2D eigenvalue weighted by Gasteiger charge is -2.41. The molecule has 0 spiro atoms. The lowest BCUT2D eigenvalue weighted by atomic mass is 9.91. The third-order valence-electron chi connectivity index (χ3n) is 4.27. The van der Waals surface area contributed by atoms with Gasteiger partial charge in [0.05, 0.1) is 37.9 Å². The maximum absolute atomic E-state index is 13.2. The van der Waals surface area contributed by atoms with Crippen molar-refractivity contribution < 1.29 is 17.9 Å². The minimum atomic E-state index is -2.71. The highest BCUT2D eigenvalue weighted by atomic mass is 35.5. The Morgan fingerprint density at radius 3 is 2.54 bits per heavy atom. The molecule has 1 fully saturated rings. The largest absolute Gasteiger partial charge is 0.376 e. The highest BCUT2D eigenvalue weighted by molar-refractivity contribution is 6.28. The van der Waals surface area contributed by atoms with Crippen LogP contribution in [0.5, 0.6) is 0 Å². The summed E-state index contributed by atoms with van der Waals surface area (Å²) in [4.78, 5) is 9.90. The van der Waals surface area contributed by atoms with E-state index in [1.54, 1.807) is 12.1 Å². The first-order valence-corrected chi connectivity index (χ1v) is 7.83. The van der Waals surface area contributed by atoms with Crippen molar-refractivity contribution in [2.24, 2.45) is 0 Å². The van der Waals surface area contributed by atoms with Crippen LogP contribution in [-0.4, -0.2) is 35.6 Å². The fourth-order valence-corrected chi connectivity index (χ4v) is 3.29. The van der Waals surface area contributed by atoms with Crippen molar-refractivity contribution in [2.45, 2.75) is 18.4 Å². The van der Waals surface area contributed by atoms with Crippen molar-refractivity contribution in [3.05, 3.63) is 52.2 Å². The van der Waals surface area contributed by atoms with E-state index in [0.717, 1.165) is 5.56 Å². The summed E-state index contributed by atoms with van der Waals surface area (Å²) in [7, 11) is 0. The fourth-order valence-electron chi connectivity index (χ4n) is 3.12. The van der Waals surface area contributed by atoms with Gasteiger partial charge in [-0.05, 0) is 29.3 Å². The molecule has 1 aromatic heterocycles. The maximum atomic E-state index is 13.2. The maximum Gasteiger partial charge on any atom is 0.282 e. The van der Waals surface area contributed by atoms with E-state index in [1.165, 1.54) is 17.0 Å². The number of benzene rings is 1. The van der Waals surface area contributed by atoms with Gasteiger partial charge in [-0.2, -0.15) is 0 Å². The molecule has 24 heavy (non-hydrogen) atoms. The van der Waals surface area contributed by atoms with E-state index in [0.29, 0.717) is 23.7 Å². The molecular formula is C16H13ClF3N3O. The van der Waals surface area contributed by atoms with E-state index in [2.05, 4.69) is 9.97 Å². The second-order valence-electron chi connectivity index (χ2n) is 6.01. The highest BCUT2D eigenvalue weighted by Crippen LogP contribution is 2.39. The van der Waals surface area contributed by atoms with Gasteiger partial charge >= 0.3 is 0 Å². The summed E-state index contributed by atoms with van der Waals surface area (Å²) < 4.78 is 45.2. The number of ether oxygens (including phenoxy) is 1. The van der Waals surface area contributed by atoms with Crippen LogP contribution in [0.25, 0.3) is 0 Å². The second-order valence-corrected chi connectivity index (χ2v) is 6.35. The van der Waals surface area contributed by atoms with E-state index in [1.807, 2.05) is 0 Å². The van der Waals surface area contributed by atoms with E-state index < -0.39 is 19.0 Å². The van der Waals surface area contributed by atoms with E-state index >= 15 is 0 Å². The van der Waals surface area contributed by atoms with Gasteiger partial charge in [0.1, 0.15) is 11.6 Å². The summed E-state index contributed by atoms with van der Waals surface area (Å²) >= 11 is 6.02. The lowest BCUT2D eigenvalue weighted by Crippen LogP contribution is -2.57. The second kappa shape index (κ2) is 5.60. The molecule has 2 aliphatic heterocycles. The smallest absolute Gasteiger partial charge is 0.282 e. The Balaban J connectivity index is 1.75. The van der Waals surface area contributed by atoms with Crippen LogP contribution in [0.15, 0.2) is 24.3 Å². The van der Waals surface area contributed by atoms with Gasteiger partial charge in [-0.3, -0.25) is 0 Å². The average molecular weight is 356 g/mol. The summed E-state index contributed by atoms with van der Waals surface area (Å²) in [5.41, 5.74) is 2.14. The van der Waals surface area contributed by atoms with Crippen molar-refractivity contribution in [2.75, 3.05) is 24.6 Å². The van der Waals surface area contributed by atoms with Crippen LogP contribution < -0.4 is 4.90 Å². The normalized spacial score (nSPS) is 22.0. The average Bonchev–Trinajstić information content (AvgIpc) is 2.52. The molecule has 3 heterocycles. The zero-order chi connectivity index (χ0) is 16.9. The van der Waals surface area contributed by atoms with E-state index in [-0.39, 0.29) is 23.6 Å². The molecule has 2 aromatic rings. The molecule has 0 amide bonds. The van der Waals surface area contributed by atoms with Crippen LogP contribution in [0.1, 0.15) is 22.7 Å². The Labute approximate surface area is 141 Å². The number of anilines is 1. The minimum Gasteiger partial charge on any atom is -0.376 e. The fraction of sp³-hybridized carbons (Fsp3) is 0.375. The van der Waals surface area contributed by atoms with Crippen LogP contribution in [-0.2, 0) is 11.3 Å². The number of aromatic nitrogens is 2. The molecule has 1 saturated heterocycles. The molecule has 1 aromatic carbocycles. The summed E-state index contributed by atoms with van der Waals surface area (Å²) in [6.07, 6.45) is 0. The number of alkyl halides is 2. The van der Waals surface area contributed by atoms with Gasteiger partial charge in [-0.15, -0.1) is 0 Å². The number of fused-ring (bicyclic) bond motifs is 1. The van der Waals surface area contributed by atoms with Gasteiger partial charge < -0.3 is 9.64 Å². The third-order valence-corrected chi connectivity index (χ3v) is 4.44. The van der Waals surface area contributed by atoms with Crippen LogP contribution in [0.3, 0.4) is 0 Å². The van der Waals surface area contributed by atoms with Gasteiger partial charge in [-0.25, -0.2) is 23.1 Å². The molecule has 2 aliphatic rings. The Morgan fingerprint density at radius 1 is 1.17 bits per heavy atom. The van der Waals surface area contributed by atoms with Crippen molar-refractivity contribution >= 4 is 17.4 Å². The molecule has 4 rings (SSSR count). The molecule has 0 aliphatic carbocycles. The first kappa shape index (κ1) is 15.7. The highest BCUT2D eigenvalue weighted by Gasteiger charge is 2.46. The zero-order valence-electron chi connectivity index (χ0n) is 12.5. The molecule has 0 bridgehead atoms. The SMILES string of the molecule is Fc1ccc(C2COCc3c2nc(Cl)nc3N2CC(F)(F)C2)cc1. The number of hydrogen-bond acceptors (Lipinski definition) is 4. The predicted octanol–water partition coefficient (Wildman–Crippen LogP) is 3.39. The third kappa shape index (κ3) is 2.71. The minimum absolute atomic E-state index is 0.00739. The number of nitrogens with zero attached hydrogens (tertiary/aromatic N) is 3. The van der Waals surface area contributed by atoms with Crippen molar-refractivity contribution in [3.63, 3.8) is 0 Å². The molecule has 1 atom stereocenters. The Hall–Kier alpha value is -1.86. The first-order valence-electron chi connectivity index (χ1n) is 7.45. The summed E-state index contributed by atoms with van der Waals surface area (Å²) in [6.45, 7) is -0.189. The Kier molecular flexibility index (Phi) is 3.65. The number of rotatable bonds is 2. The molecule has 0 radical (unpaired) electrons. The van der Waals surface area contributed by atoms with Crippen LogP contribution in [0.2, 0.25) is 5.28 Å². The molecule has 1 unspecified atom stereocenters. The van der Waals surface area contributed by atoms with E-state index in [4.69, 9.17) is 16.3 Å². The van der Waals surface area contributed by atoms with Crippen molar-refractivity contribution in [1.29, 1.82) is 0 Å². The van der Waals surface area contributed by atoms with Gasteiger partial charge in [0.25, 0.3) is 5.92 Å².